The first-order valence-corrected chi connectivity index (χ1v) is 7.55. The fraction of sp³-hybridized carbons (Fsp3) is 0.500. The van der Waals surface area contributed by atoms with Crippen LogP contribution in [0.2, 0.25) is 0 Å². The second-order valence-electron chi connectivity index (χ2n) is 6.03. The van der Waals surface area contributed by atoms with Gasteiger partial charge in [0.05, 0.1) is 6.10 Å². The summed E-state index contributed by atoms with van der Waals surface area (Å²) in [4.78, 5) is 4.30. The molecule has 0 radical (unpaired) electrons. The van der Waals surface area contributed by atoms with E-state index in [9.17, 15) is 5.11 Å². The van der Waals surface area contributed by atoms with Crippen molar-refractivity contribution in [3.63, 3.8) is 0 Å². The molecular weight excluding hydrogens is 264 g/mol. The Balaban J connectivity index is 1.80. The zero-order valence-electron chi connectivity index (χ0n) is 12.6. The van der Waals surface area contributed by atoms with Gasteiger partial charge in [0.15, 0.2) is 0 Å². The topological polar surface area (TPSA) is 63.0 Å². The minimum Gasteiger partial charge on any atom is -0.388 e. The molecule has 1 aliphatic heterocycles. The molecule has 3 rings (SSSR count). The van der Waals surface area contributed by atoms with Gasteiger partial charge < -0.3 is 10.4 Å². The minimum absolute atomic E-state index is 0.491. The first-order chi connectivity index (χ1) is 10.1. The zero-order valence-corrected chi connectivity index (χ0v) is 12.6. The van der Waals surface area contributed by atoms with E-state index in [1.807, 2.05) is 16.8 Å². The van der Waals surface area contributed by atoms with Crippen LogP contribution in [0.5, 0.6) is 0 Å². The van der Waals surface area contributed by atoms with Gasteiger partial charge in [-0.05, 0) is 17.9 Å². The first kappa shape index (κ1) is 14.1. The second-order valence-corrected chi connectivity index (χ2v) is 6.03. The van der Waals surface area contributed by atoms with Gasteiger partial charge in [-0.2, -0.15) is 5.10 Å². The maximum absolute atomic E-state index is 10.6. The molecule has 5 nitrogen and oxygen atoms in total. The third-order valence-corrected chi connectivity index (χ3v) is 3.85. The van der Waals surface area contributed by atoms with E-state index in [1.165, 1.54) is 5.56 Å². The van der Waals surface area contributed by atoms with Gasteiger partial charge in [-0.1, -0.05) is 32.0 Å². The molecule has 2 heterocycles. The summed E-state index contributed by atoms with van der Waals surface area (Å²) in [5.74, 6) is 1.34. The van der Waals surface area contributed by atoms with Crippen molar-refractivity contribution in [2.75, 3.05) is 11.9 Å². The molecule has 1 aromatic carbocycles. The zero-order chi connectivity index (χ0) is 14.8. The molecule has 0 saturated heterocycles. The number of hydrogen-bond donors (Lipinski definition) is 2. The van der Waals surface area contributed by atoms with Crippen LogP contribution >= 0.6 is 0 Å². The summed E-state index contributed by atoms with van der Waals surface area (Å²) in [6.07, 6.45) is 2.53. The minimum atomic E-state index is -0.555. The Hall–Kier alpha value is -1.88. The van der Waals surface area contributed by atoms with Crippen molar-refractivity contribution in [2.24, 2.45) is 5.92 Å². The van der Waals surface area contributed by atoms with E-state index in [2.05, 4.69) is 35.3 Å². The predicted molar refractivity (Wildman–Crippen MR) is 82.2 cm³/mol. The number of aliphatic hydroxyl groups is 1. The smallest absolute Gasteiger partial charge is 0.138 e. The summed E-state index contributed by atoms with van der Waals surface area (Å²) in [6, 6.07) is 6.13. The molecule has 5 heteroatoms. The van der Waals surface area contributed by atoms with Crippen LogP contribution in [0.1, 0.15) is 36.9 Å². The molecule has 0 saturated carbocycles. The largest absolute Gasteiger partial charge is 0.388 e. The number of para-hydroxylation sites is 1. The summed E-state index contributed by atoms with van der Waals surface area (Å²) in [7, 11) is 0. The maximum Gasteiger partial charge on any atom is 0.138 e. The molecule has 0 spiro atoms. The van der Waals surface area contributed by atoms with Gasteiger partial charge >= 0.3 is 0 Å². The van der Waals surface area contributed by atoms with Crippen LogP contribution in [0, 0.1) is 5.92 Å². The van der Waals surface area contributed by atoms with E-state index in [4.69, 9.17) is 0 Å². The summed E-state index contributed by atoms with van der Waals surface area (Å²) >= 11 is 0. The molecule has 2 aromatic rings. The van der Waals surface area contributed by atoms with Crippen LogP contribution in [-0.2, 0) is 19.4 Å². The van der Waals surface area contributed by atoms with Crippen molar-refractivity contribution in [3.05, 3.63) is 41.5 Å². The third kappa shape index (κ3) is 2.93. The van der Waals surface area contributed by atoms with Gasteiger partial charge in [-0.3, -0.25) is 0 Å². The van der Waals surface area contributed by atoms with Gasteiger partial charge in [0.25, 0.3) is 0 Å². The van der Waals surface area contributed by atoms with Crippen molar-refractivity contribution >= 4 is 5.69 Å². The molecule has 112 valence electrons. The molecule has 2 N–H and O–H groups in total. The van der Waals surface area contributed by atoms with Gasteiger partial charge in [-0.25, -0.2) is 9.67 Å². The number of nitrogens with zero attached hydrogens (tertiary/aromatic N) is 3. The van der Waals surface area contributed by atoms with E-state index in [1.54, 1.807) is 6.33 Å². The lowest BCUT2D eigenvalue weighted by Gasteiger charge is -2.16. The van der Waals surface area contributed by atoms with Crippen molar-refractivity contribution in [3.8, 4) is 0 Å². The Labute approximate surface area is 125 Å². The maximum atomic E-state index is 10.6. The Morgan fingerprint density at radius 1 is 1.38 bits per heavy atom. The number of rotatable bonds is 5. The predicted octanol–water partition coefficient (Wildman–Crippen LogP) is 2.18. The van der Waals surface area contributed by atoms with Crippen LogP contribution in [0.4, 0.5) is 5.69 Å². The lowest BCUT2D eigenvalue weighted by atomic mass is 10.0. The normalized spacial score (nSPS) is 15.0. The molecule has 1 aromatic heterocycles. The SMILES string of the molecule is CC(C)Cn1ncnc1CC(O)c1cccc2c1NCC2. The fourth-order valence-electron chi connectivity index (χ4n) is 2.87. The number of aromatic nitrogens is 3. The number of aliphatic hydroxyl groups excluding tert-OH is 1. The highest BCUT2D eigenvalue weighted by atomic mass is 16.3. The summed E-state index contributed by atoms with van der Waals surface area (Å²) in [5.41, 5.74) is 3.35. The Bertz CT molecular complexity index is 620. The van der Waals surface area contributed by atoms with Crippen LogP contribution in [0.25, 0.3) is 0 Å². The van der Waals surface area contributed by atoms with E-state index in [0.717, 1.165) is 36.6 Å². The number of fused-ring (bicyclic) bond motifs is 1. The Morgan fingerprint density at radius 2 is 2.24 bits per heavy atom. The average molecular weight is 286 g/mol. The summed E-state index contributed by atoms with van der Waals surface area (Å²) in [6.45, 7) is 6.07. The molecule has 0 amide bonds. The van der Waals surface area contributed by atoms with E-state index < -0.39 is 6.10 Å². The number of nitrogens with one attached hydrogen (secondary N) is 1. The average Bonchev–Trinajstić information content (AvgIpc) is 3.07. The van der Waals surface area contributed by atoms with Gasteiger partial charge in [0, 0.05) is 30.8 Å². The fourth-order valence-corrected chi connectivity index (χ4v) is 2.87. The Kier molecular flexibility index (Phi) is 3.92. The van der Waals surface area contributed by atoms with Gasteiger partial charge in [-0.15, -0.1) is 0 Å². The highest BCUT2D eigenvalue weighted by Gasteiger charge is 2.20. The van der Waals surface area contributed by atoms with E-state index in [-0.39, 0.29) is 0 Å². The molecule has 0 bridgehead atoms. The molecule has 1 aliphatic rings. The highest BCUT2D eigenvalue weighted by molar-refractivity contribution is 5.61. The van der Waals surface area contributed by atoms with Crippen molar-refractivity contribution in [2.45, 2.75) is 39.3 Å². The lowest BCUT2D eigenvalue weighted by molar-refractivity contribution is 0.174. The molecule has 1 unspecified atom stereocenters. The number of hydrogen-bond acceptors (Lipinski definition) is 4. The summed E-state index contributed by atoms with van der Waals surface area (Å²) in [5, 5.41) is 18.2. The molecule has 1 atom stereocenters. The standard InChI is InChI=1S/C16H22N4O/c1-11(2)9-20-15(18-10-19-20)8-14(21)13-5-3-4-12-6-7-17-16(12)13/h3-5,10-11,14,17,21H,6-9H2,1-2H3. The van der Waals surface area contributed by atoms with Gasteiger partial charge in [0.1, 0.15) is 12.2 Å². The van der Waals surface area contributed by atoms with Crippen LogP contribution in [-0.4, -0.2) is 26.4 Å². The second kappa shape index (κ2) is 5.85. The molecule has 21 heavy (non-hydrogen) atoms. The molecule has 0 fully saturated rings. The number of benzene rings is 1. The van der Waals surface area contributed by atoms with Crippen molar-refractivity contribution in [1.29, 1.82) is 0 Å². The van der Waals surface area contributed by atoms with Crippen LogP contribution in [0.15, 0.2) is 24.5 Å². The molecular formula is C16H22N4O. The van der Waals surface area contributed by atoms with E-state index in [0.29, 0.717) is 12.3 Å². The monoisotopic (exact) mass is 286 g/mol. The first-order valence-electron chi connectivity index (χ1n) is 7.55. The van der Waals surface area contributed by atoms with Crippen molar-refractivity contribution < 1.29 is 5.11 Å². The van der Waals surface area contributed by atoms with Crippen molar-refractivity contribution in [1.82, 2.24) is 14.8 Å². The van der Waals surface area contributed by atoms with Crippen LogP contribution < -0.4 is 5.32 Å². The summed E-state index contributed by atoms with van der Waals surface area (Å²) < 4.78 is 1.89. The number of anilines is 1. The molecule has 0 aliphatic carbocycles. The van der Waals surface area contributed by atoms with E-state index >= 15 is 0 Å². The lowest BCUT2D eigenvalue weighted by Crippen LogP contribution is -2.14. The van der Waals surface area contributed by atoms with Crippen LogP contribution in [0.3, 0.4) is 0 Å². The van der Waals surface area contributed by atoms with Gasteiger partial charge in [0.2, 0.25) is 0 Å². The third-order valence-electron chi connectivity index (χ3n) is 3.85. The quantitative estimate of drug-likeness (QED) is 0.884. The Morgan fingerprint density at radius 3 is 3.05 bits per heavy atom. The highest BCUT2D eigenvalue weighted by Crippen LogP contribution is 2.32.